The SMILES string of the molecule is CN(CC1CC2CCC1C2)C(CCN)c1ccccc1. The van der Waals surface area contributed by atoms with Crippen molar-refractivity contribution in [1.29, 1.82) is 0 Å². The summed E-state index contributed by atoms with van der Waals surface area (Å²) >= 11 is 0. The van der Waals surface area contributed by atoms with Crippen molar-refractivity contribution in [2.24, 2.45) is 23.5 Å². The molecule has 0 aromatic heterocycles. The van der Waals surface area contributed by atoms with Gasteiger partial charge < -0.3 is 5.73 Å². The van der Waals surface area contributed by atoms with Gasteiger partial charge in [0.25, 0.3) is 0 Å². The van der Waals surface area contributed by atoms with Crippen LogP contribution in [0.2, 0.25) is 0 Å². The second-order valence-corrected chi connectivity index (χ2v) is 6.88. The molecule has 2 N–H and O–H groups in total. The van der Waals surface area contributed by atoms with E-state index in [1.54, 1.807) is 0 Å². The highest BCUT2D eigenvalue weighted by Gasteiger charge is 2.40. The summed E-state index contributed by atoms with van der Waals surface area (Å²) in [6.45, 7) is 2.02. The van der Waals surface area contributed by atoms with E-state index < -0.39 is 0 Å². The summed E-state index contributed by atoms with van der Waals surface area (Å²) in [4.78, 5) is 2.56. The van der Waals surface area contributed by atoms with Gasteiger partial charge >= 0.3 is 0 Å². The molecule has 110 valence electrons. The Balaban J connectivity index is 1.65. The van der Waals surface area contributed by atoms with Crippen LogP contribution in [0.5, 0.6) is 0 Å². The molecule has 4 unspecified atom stereocenters. The maximum atomic E-state index is 5.85. The van der Waals surface area contributed by atoms with E-state index in [4.69, 9.17) is 5.73 Å². The van der Waals surface area contributed by atoms with Crippen LogP contribution in [0.4, 0.5) is 0 Å². The lowest BCUT2D eigenvalue weighted by Crippen LogP contribution is -2.33. The van der Waals surface area contributed by atoms with E-state index in [1.165, 1.54) is 37.8 Å². The molecule has 20 heavy (non-hydrogen) atoms. The number of nitrogens with zero attached hydrogens (tertiary/aromatic N) is 1. The van der Waals surface area contributed by atoms with Crippen molar-refractivity contribution in [3.05, 3.63) is 35.9 Å². The van der Waals surface area contributed by atoms with Gasteiger partial charge in [0.05, 0.1) is 0 Å². The van der Waals surface area contributed by atoms with Crippen LogP contribution in [0.25, 0.3) is 0 Å². The molecule has 2 aliphatic carbocycles. The van der Waals surface area contributed by atoms with Crippen LogP contribution in [-0.2, 0) is 0 Å². The van der Waals surface area contributed by atoms with Gasteiger partial charge in [0.15, 0.2) is 0 Å². The number of hydrogen-bond donors (Lipinski definition) is 1. The molecule has 0 heterocycles. The third-order valence-electron chi connectivity index (χ3n) is 5.56. The molecule has 0 saturated heterocycles. The number of nitrogens with two attached hydrogens (primary N) is 1. The topological polar surface area (TPSA) is 29.3 Å². The summed E-state index contributed by atoms with van der Waals surface area (Å²) in [5, 5.41) is 0. The summed E-state index contributed by atoms with van der Waals surface area (Å²) in [6, 6.07) is 11.4. The number of hydrogen-bond acceptors (Lipinski definition) is 2. The van der Waals surface area contributed by atoms with Crippen LogP contribution < -0.4 is 5.73 Å². The van der Waals surface area contributed by atoms with Gasteiger partial charge in [0, 0.05) is 12.6 Å². The van der Waals surface area contributed by atoms with Gasteiger partial charge in [-0.25, -0.2) is 0 Å². The van der Waals surface area contributed by atoms with Gasteiger partial charge in [0.2, 0.25) is 0 Å². The first-order chi connectivity index (χ1) is 9.78. The number of rotatable bonds is 6. The zero-order chi connectivity index (χ0) is 13.9. The van der Waals surface area contributed by atoms with Crippen LogP contribution >= 0.6 is 0 Å². The molecule has 2 aliphatic rings. The van der Waals surface area contributed by atoms with E-state index in [0.717, 1.165) is 30.7 Å². The Morgan fingerprint density at radius 3 is 2.60 bits per heavy atom. The summed E-state index contributed by atoms with van der Waals surface area (Å²) in [7, 11) is 2.29. The fourth-order valence-corrected chi connectivity index (χ4v) is 4.57. The van der Waals surface area contributed by atoms with E-state index in [9.17, 15) is 0 Å². The molecule has 2 nitrogen and oxygen atoms in total. The van der Waals surface area contributed by atoms with E-state index in [2.05, 4.69) is 42.3 Å². The lowest BCUT2D eigenvalue weighted by molar-refractivity contribution is 0.167. The van der Waals surface area contributed by atoms with Gasteiger partial charge in [-0.05, 0) is 62.6 Å². The standard InChI is InChI=1S/C18H28N2/c1-20(13-17-12-14-7-8-16(17)11-14)18(9-10-19)15-5-3-2-4-6-15/h2-6,14,16-18H,7-13,19H2,1H3. The molecule has 2 heteroatoms. The highest BCUT2D eigenvalue weighted by molar-refractivity contribution is 5.19. The van der Waals surface area contributed by atoms with E-state index >= 15 is 0 Å². The second-order valence-electron chi connectivity index (χ2n) is 6.88. The Bertz CT molecular complexity index is 417. The second kappa shape index (κ2) is 6.28. The number of benzene rings is 1. The third kappa shape index (κ3) is 2.91. The minimum absolute atomic E-state index is 0.486. The molecule has 0 radical (unpaired) electrons. The average Bonchev–Trinajstić information content (AvgIpc) is 3.08. The predicted molar refractivity (Wildman–Crippen MR) is 84.4 cm³/mol. The third-order valence-corrected chi connectivity index (χ3v) is 5.56. The molecule has 3 rings (SSSR count). The normalized spacial score (nSPS) is 30.1. The van der Waals surface area contributed by atoms with Crippen molar-refractivity contribution >= 4 is 0 Å². The van der Waals surface area contributed by atoms with Crippen molar-refractivity contribution in [1.82, 2.24) is 4.90 Å². The van der Waals surface area contributed by atoms with E-state index in [-0.39, 0.29) is 0 Å². The van der Waals surface area contributed by atoms with Crippen molar-refractivity contribution in [2.75, 3.05) is 20.1 Å². The highest BCUT2D eigenvalue weighted by atomic mass is 15.1. The maximum Gasteiger partial charge on any atom is 0.0357 e. The summed E-state index contributed by atoms with van der Waals surface area (Å²) in [5.41, 5.74) is 7.27. The fourth-order valence-electron chi connectivity index (χ4n) is 4.57. The highest BCUT2D eigenvalue weighted by Crippen LogP contribution is 2.48. The molecule has 4 atom stereocenters. The van der Waals surface area contributed by atoms with Crippen molar-refractivity contribution < 1.29 is 0 Å². The molecule has 2 saturated carbocycles. The minimum atomic E-state index is 0.486. The number of fused-ring (bicyclic) bond motifs is 2. The van der Waals surface area contributed by atoms with Crippen LogP contribution in [0.15, 0.2) is 30.3 Å². The van der Waals surface area contributed by atoms with Gasteiger partial charge in [-0.1, -0.05) is 36.8 Å². The van der Waals surface area contributed by atoms with Crippen molar-refractivity contribution in [3.8, 4) is 0 Å². The lowest BCUT2D eigenvalue weighted by Gasteiger charge is -2.33. The molecular weight excluding hydrogens is 244 g/mol. The molecule has 1 aromatic rings. The van der Waals surface area contributed by atoms with Crippen molar-refractivity contribution in [2.45, 2.75) is 38.1 Å². The van der Waals surface area contributed by atoms with Crippen molar-refractivity contribution in [3.63, 3.8) is 0 Å². The molecule has 2 bridgehead atoms. The minimum Gasteiger partial charge on any atom is -0.330 e. The Morgan fingerprint density at radius 2 is 2.00 bits per heavy atom. The van der Waals surface area contributed by atoms with Crippen LogP contribution in [0, 0.1) is 17.8 Å². The average molecular weight is 272 g/mol. The zero-order valence-corrected chi connectivity index (χ0v) is 12.7. The zero-order valence-electron chi connectivity index (χ0n) is 12.7. The predicted octanol–water partition coefficient (Wildman–Crippen LogP) is 3.44. The molecule has 0 aliphatic heterocycles. The molecule has 0 spiro atoms. The molecular formula is C18H28N2. The lowest BCUT2D eigenvalue weighted by atomic mass is 9.88. The van der Waals surface area contributed by atoms with E-state index in [1.807, 2.05) is 0 Å². The van der Waals surface area contributed by atoms with Crippen LogP contribution in [-0.4, -0.2) is 25.0 Å². The van der Waals surface area contributed by atoms with Gasteiger partial charge in [-0.3, -0.25) is 4.90 Å². The first kappa shape index (κ1) is 14.1. The quantitative estimate of drug-likeness (QED) is 0.859. The maximum absolute atomic E-state index is 5.85. The molecule has 0 amide bonds. The van der Waals surface area contributed by atoms with Gasteiger partial charge in [-0.2, -0.15) is 0 Å². The van der Waals surface area contributed by atoms with Gasteiger partial charge in [0.1, 0.15) is 0 Å². The van der Waals surface area contributed by atoms with Crippen LogP contribution in [0.1, 0.15) is 43.7 Å². The molecule has 1 aromatic carbocycles. The fraction of sp³-hybridized carbons (Fsp3) is 0.667. The first-order valence-corrected chi connectivity index (χ1v) is 8.23. The monoisotopic (exact) mass is 272 g/mol. The van der Waals surface area contributed by atoms with Gasteiger partial charge in [-0.15, -0.1) is 0 Å². The summed E-state index contributed by atoms with van der Waals surface area (Å²) in [6.07, 6.45) is 7.01. The largest absolute Gasteiger partial charge is 0.330 e. The Hall–Kier alpha value is -0.860. The smallest absolute Gasteiger partial charge is 0.0357 e. The Kier molecular flexibility index (Phi) is 4.42. The Morgan fingerprint density at radius 1 is 1.20 bits per heavy atom. The first-order valence-electron chi connectivity index (χ1n) is 8.23. The Labute approximate surface area is 123 Å². The van der Waals surface area contributed by atoms with E-state index in [0.29, 0.717) is 6.04 Å². The van der Waals surface area contributed by atoms with Crippen LogP contribution in [0.3, 0.4) is 0 Å². The summed E-state index contributed by atoms with van der Waals surface area (Å²) in [5.74, 6) is 2.99. The molecule has 2 fully saturated rings. The summed E-state index contributed by atoms with van der Waals surface area (Å²) < 4.78 is 0.